The number of hydrogen-bond donors (Lipinski definition) is 3. The van der Waals surface area contributed by atoms with Gasteiger partial charge in [-0.05, 0) is 19.5 Å². The molecule has 15 heteroatoms. The number of nitrogens with one attached hydrogen (secondary N) is 2. The minimum absolute atomic E-state index is 0.0188. The van der Waals surface area contributed by atoms with Gasteiger partial charge >= 0.3 is 6.18 Å². The van der Waals surface area contributed by atoms with Crippen LogP contribution < -0.4 is 20.7 Å². The van der Waals surface area contributed by atoms with Crippen molar-refractivity contribution in [2.75, 3.05) is 54.9 Å². The van der Waals surface area contributed by atoms with Crippen LogP contribution in [0.3, 0.4) is 0 Å². The Balaban J connectivity index is 1.56. The van der Waals surface area contributed by atoms with Crippen LogP contribution in [0.5, 0.6) is 5.75 Å². The average Bonchev–Trinajstić information content (AvgIpc) is 3.41. The van der Waals surface area contributed by atoms with Crippen LogP contribution in [0.1, 0.15) is 28.4 Å². The highest BCUT2D eigenvalue weighted by Crippen LogP contribution is 2.39. The predicted octanol–water partition coefficient (Wildman–Crippen LogP) is 3.46. The number of piperazine rings is 1. The van der Waals surface area contributed by atoms with Crippen LogP contribution in [0, 0.1) is 11.6 Å². The molecule has 1 unspecified atom stereocenters. The number of alkyl halides is 3. The van der Waals surface area contributed by atoms with E-state index in [0.29, 0.717) is 25.8 Å². The fourth-order valence-electron chi connectivity index (χ4n) is 4.98. The smallest absolute Gasteiger partial charge is 0.417 e. The molecule has 1 atom stereocenters. The summed E-state index contributed by atoms with van der Waals surface area (Å²) in [5.41, 5.74) is -4.28. The van der Waals surface area contributed by atoms with Crippen LogP contribution in [-0.4, -0.2) is 76.7 Å². The quantitative estimate of drug-likeness (QED) is 0.387. The third kappa shape index (κ3) is 5.64. The van der Waals surface area contributed by atoms with Crippen LogP contribution >= 0.6 is 0 Å². The number of carbonyl (C=O) groups excluding carboxylic acids is 1. The average molecular weight is 592 g/mol. The number of anilines is 3. The highest BCUT2D eigenvalue weighted by atomic mass is 19.4. The second-order valence-electron chi connectivity index (χ2n) is 10.1. The summed E-state index contributed by atoms with van der Waals surface area (Å²) in [4.78, 5) is 40.1. The Hall–Kier alpha value is -4.53. The van der Waals surface area contributed by atoms with Crippen molar-refractivity contribution >= 4 is 28.8 Å². The van der Waals surface area contributed by atoms with Gasteiger partial charge in [-0.25, -0.2) is 18.7 Å². The Morgan fingerprint density at radius 2 is 1.86 bits per heavy atom. The summed E-state index contributed by atoms with van der Waals surface area (Å²) in [6.45, 7) is 3.27. The van der Waals surface area contributed by atoms with Crippen molar-refractivity contribution in [1.29, 1.82) is 0 Å². The SMILES string of the molecule is CC1CN(c2cc(F)c(C3=CCN(c4ncc(O)cn4)C3)c(F)c2NC(=O)c2c[nH]c(=O)cc2C(F)(F)F)CCN1C. The van der Waals surface area contributed by atoms with Gasteiger partial charge in [0.25, 0.3) is 5.91 Å². The molecule has 1 saturated heterocycles. The van der Waals surface area contributed by atoms with Gasteiger partial charge in [0, 0.05) is 57.1 Å². The normalized spacial score (nSPS) is 17.9. The maximum Gasteiger partial charge on any atom is 0.417 e. The summed E-state index contributed by atoms with van der Waals surface area (Å²) < 4.78 is 73.0. The van der Waals surface area contributed by atoms with Gasteiger partial charge in [0.1, 0.15) is 11.5 Å². The molecule has 1 amide bonds. The number of pyridine rings is 1. The van der Waals surface area contributed by atoms with Crippen LogP contribution in [0.4, 0.5) is 39.3 Å². The van der Waals surface area contributed by atoms with Crippen LogP contribution in [0.25, 0.3) is 5.57 Å². The van der Waals surface area contributed by atoms with Gasteiger partial charge in [-0.1, -0.05) is 6.08 Å². The maximum absolute atomic E-state index is 16.3. The topological polar surface area (TPSA) is 118 Å². The Labute approximate surface area is 236 Å². The van der Waals surface area contributed by atoms with Gasteiger partial charge in [-0.15, -0.1) is 0 Å². The number of aromatic amines is 1. The van der Waals surface area contributed by atoms with E-state index in [9.17, 15) is 27.9 Å². The Kier molecular flexibility index (Phi) is 7.62. The summed E-state index contributed by atoms with van der Waals surface area (Å²) in [5, 5.41) is 11.7. The van der Waals surface area contributed by atoms with Crippen molar-refractivity contribution in [1.82, 2.24) is 19.9 Å². The van der Waals surface area contributed by atoms with Gasteiger partial charge in [-0.2, -0.15) is 13.2 Å². The van der Waals surface area contributed by atoms with Gasteiger partial charge in [-0.3, -0.25) is 9.59 Å². The first-order valence-corrected chi connectivity index (χ1v) is 12.9. The summed E-state index contributed by atoms with van der Waals surface area (Å²) >= 11 is 0. The molecular weight excluding hydrogens is 565 g/mol. The van der Waals surface area contributed by atoms with E-state index in [1.165, 1.54) is 12.4 Å². The fourth-order valence-corrected chi connectivity index (χ4v) is 4.98. The van der Waals surface area contributed by atoms with E-state index in [0.717, 1.165) is 6.07 Å². The van der Waals surface area contributed by atoms with Crippen molar-refractivity contribution in [3.63, 3.8) is 0 Å². The zero-order chi connectivity index (χ0) is 30.3. The molecule has 2 aliphatic heterocycles. The molecule has 0 saturated carbocycles. The van der Waals surface area contributed by atoms with Crippen molar-refractivity contribution in [2.24, 2.45) is 0 Å². The van der Waals surface area contributed by atoms with Crippen molar-refractivity contribution in [3.8, 4) is 5.75 Å². The number of aromatic hydroxyl groups is 1. The van der Waals surface area contributed by atoms with Crippen molar-refractivity contribution < 1.29 is 31.9 Å². The number of amides is 1. The monoisotopic (exact) mass is 591 g/mol. The van der Waals surface area contributed by atoms with E-state index in [1.807, 2.05) is 23.9 Å². The molecule has 222 valence electrons. The first-order chi connectivity index (χ1) is 19.8. The van der Waals surface area contributed by atoms with E-state index < -0.39 is 51.7 Å². The molecule has 3 N–H and O–H groups in total. The molecule has 1 fully saturated rings. The molecular formula is C27H26F5N7O3. The number of nitrogens with zero attached hydrogens (tertiary/aromatic N) is 5. The van der Waals surface area contributed by atoms with Gasteiger partial charge in [0.2, 0.25) is 11.5 Å². The molecule has 4 heterocycles. The number of benzene rings is 1. The summed E-state index contributed by atoms with van der Waals surface area (Å²) in [5.74, 6) is -3.38. The molecule has 1 aromatic carbocycles. The number of carbonyl (C=O) groups is 1. The number of halogens is 5. The highest BCUT2D eigenvalue weighted by Gasteiger charge is 2.37. The number of hydrogen-bond acceptors (Lipinski definition) is 8. The Bertz CT molecular complexity index is 1610. The largest absolute Gasteiger partial charge is 0.505 e. The molecule has 0 spiro atoms. The molecule has 10 nitrogen and oxygen atoms in total. The van der Waals surface area contributed by atoms with Gasteiger partial charge < -0.3 is 30.1 Å². The van der Waals surface area contributed by atoms with E-state index >= 15 is 8.78 Å². The number of rotatable bonds is 5. The predicted molar refractivity (Wildman–Crippen MR) is 145 cm³/mol. The van der Waals surface area contributed by atoms with E-state index in [2.05, 4.69) is 15.3 Å². The van der Waals surface area contributed by atoms with E-state index in [1.54, 1.807) is 15.9 Å². The van der Waals surface area contributed by atoms with Crippen molar-refractivity contribution in [2.45, 2.75) is 19.1 Å². The fraction of sp³-hybridized carbons (Fsp3) is 0.333. The molecule has 2 aromatic heterocycles. The first-order valence-electron chi connectivity index (χ1n) is 12.9. The summed E-state index contributed by atoms with van der Waals surface area (Å²) in [6, 6.07) is 1.28. The molecule has 2 aliphatic rings. The lowest BCUT2D eigenvalue weighted by Gasteiger charge is -2.40. The first kappa shape index (κ1) is 29.0. The van der Waals surface area contributed by atoms with E-state index in [4.69, 9.17) is 0 Å². The Morgan fingerprint density at radius 1 is 1.14 bits per heavy atom. The highest BCUT2D eigenvalue weighted by molar-refractivity contribution is 6.07. The van der Waals surface area contributed by atoms with Gasteiger partial charge in [0.15, 0.2) is 11.6 Å². The number of H-pyrrole nitrogens is 1. The zero-order valence-corrected chi connectivity index (χ0v) is 22.5. The molecule has 42 heavy (non-hydrogen) atoms. The van der Waals surface area contributed by atoms with Crippen LogP contribution in [0.2, 0.25) is 0 Å². The third-order valence-corrected chi connectivity index (χ3v) is 7.36. The maximum atomic E-state index is 16.3. The minimum atomic E-state index is -5.04. The molecule has 0 bridgehead atoms. The Morgan fingerprint density at radius 3 is 2.52 bits per heavy atom. The number of likely N-dealkylation sites (N-methyl/N-ethyl adjacent to an activating group) is 1. The lowest BCUT2D eigenvalue weighted by Crippen LogP contribution is -2.50. The third-order valence-electron chi connectivity index (χ3n) is 7.36. The lowest BCUT2D eigenvalue weighted by atomic mass is 10.0. The second kappa shape index (κ2) is 11.0. The van der Waals surface area contributed by atoms with Crippen LogP contribution in [-0.2, 0) is 6.18 Å². The van der Waals surface area contributed by atoms with Gasteiger partial charge in [0.05, 0.1) is 34.8 Å². The molecule has 5 rings (SSSR count). The molecule has 0 radical (unpaired) electrons. The number of aromatic nitrogens is 3. The van der Waals surface area contributed by atoms with E-state index in [-0.39, 0.29) is 48.2 Å². The summed E-state index contributed by atoms with van der Waals surface area (Å²) in [7, 11) is 1.89. The standard InChI is InChI=1S/C27H26F5N7O3/c1-14-12-38(6-5-37(14)2)20-8-19(28)22(15-3-4-39(13-15)26-34-9-16(40)10-35-26)23(29)24(20)36-25(42)17-11-33-21(41)7-18(17)27(30,31)32/h3,7-11,14,40H,4-6,12-13H2,1-2H3,(H,33,41)(H,36,42). The lowest BCUT2D eigenvalue weighted by molar-refractivity contribution is -0.138. The van der Waals surface area contributed by atoms with Crippen LogP contribution in [0.15, 0.2) is 41.6 Å². The molecule has 0 aliphatic carbocycles. The second-order valence-corrected chi connectivity index (χ2v) is 10.1. The summed E-state index contributed by atoms with van der Waals surface area (Å²) in [6.07, 6.45) is -0.544. The van der Waals surface area contributed by atoms with Crippen molar-refractivity contribution in [3.05, 3.63) is 75.5 Å². The minimum Gasteiger partial charge on any atom is -0.505 e. The molecule has 3 aromatic rings. The zero-order valence-electron chi connectivity index (χ0n) is 22.5.